The number of nitrogens with zero attached hydrogens (tertiary/aromatic N) is 1. The van der Waals surface area contributed by atoms with Gasteiger partial charge >= 0.3 is 5.97 Å². The summed E-state index contributed by atoms with van der Waals surface area (Å²) >= 11 is 3.10. The first kappa shape index (κ1) is 14.0. The second-order valence-electron chi connectivity index (χ2n) is 4.09. The molecule has 1 amide bonds. The van der Waals surface area contributed by atoms with Gasteiger partial charge in [-0.2, -0.15) is 0 Å². The van der Waals surface area contributed by atoms with E-state index in [0.717, 1.165) is 6.07 Å². The molecule has 1 aromatic rings. The van der Waals surface area contributed by atoms with Crippen molar-refractivity contribution in [1.29, 1.82) is 0 Å². The van der Waals surface area contributed by atoms with Gasteiger partial charge in [0.15, 0.2) is 6.04 Å². The summed E-state index contributed by atoms with van der Waals surface area (Å²) in [5.74, 6) is -2.21. The van der Waals surface area contributed by atoms with Gasteiger partial charge in [-0.15, -0.1) is 0 Å². The highest BCUT2D eigenvalue weighted by atomic mass is 79.9. The number of amides is 1. The maximum Gasteiger partial charge on any atom is 0.328 e. The van der Waals surface area contributed by atoms with Crippen LogP contribution in [0.25, 0.3) is 0 Å². The van der Waals surface area contributed by atoms with Crippen LogP contribution in [0.15, 0.2) is 22.7 Å². The predicted octanol–water partition coefficient (Wildman–Crippen LogP) is 1.51. The predicted molar refractivity (Wildman–Crippen MR) is 67.4 cm³/mol. The van der Waals surface area contributed by atoms with Crippen LogP contribution in [-0.2, 0) is 9.53 Å². The van der Waals surface area contributed by atoms with Gasteiger partial charge in [-0.05, 0) is 18.2 Å². The van der Waals surface area contributed by atoms with Gasteiger partial charge in [-0.25, -0.2) is 9.18 Å². The van der Waals surface area contributed by atoms with Crippen molar-refractivity contribution in [2.24, 2.45) is 0 Å². The van der Waals surface area contributed by atoms with Gasteiger partial charge in [-0.1, -0.05) is 15.9 Å². The monoisotopic (exact) mass is 331 g/mol. The lowest BCUT2D eigenvalue weighted by Crippen LogP contribution is -2.52. The highest BCUT2D eigenvalue weighted by molar-refractivity contribution is 9.10. The zero-order valence-electron chi connectivity index (χ0n) is 9.81. The Kier molecular flexibility index (Phi) is 4.16. The average molecular weight is 332 g/mol. The minimum atomic E-state index is -1.14. The average Bonchev–Trinajstić information content (AvgIpc) is 2.36. The molecule has 5 nitrogen and oxygen atoms in total. The van der Waals surface area contributed by atoms with Crippen LogP contribution in [0.1, 0.15) is 10.4 Å². The van der Waals surface area contributed by atoms with E-state index < -0.39 is 23.7 Å². The minimum Gasteiger partial charge on any atom is -0.480 e. The van der Waals surface area contributed by atoms with E-state index in [1.165, 1.54) is 17.0 Å². The summed E-state index contributed by atoms with van der Waals surface area (Å²) in [4.78, 5) is 24.5. The fourth-order valence-corrected chi connectivity index (χ4v) is 2.36. The SMILES string of the molecule is O=C(O)C1COCCN1C(=O)c1cc(F)cc(Br)c1. The third-order valence-electron chi connectivity index (χ3n) is 2.78. The maximum absolute atomic E-state index is 13.3. The van der Waals surface area contributed by atoms with Crippen LogP contribution >= 0.6 is 15.9 Å². The number of ether oxygens (including phenoxy) is 1. The molecule has 19 heavy (non-hydrogen) atoms. The van der Waals surface area contributed by atoms with Crippen molar-refractivity contribution in [2.45, 2.75) is 6.04 Å². The lowest BCUT2D eigenvalue weighted by molar-refractivity contribution is -0.147. The molecule has 0 spiro atoms. The van der Waals surface area contributed by atoms with Crippen molar-refractivity contribution in [1.82, 2.24) is 4.90 Å². The molecule has 1 aliphatic rings. The van der Waals surface area contributed by atoms with Gasteiger partial charge in [0, 0.05) is 16.6 Å². The van der Waals surface area contributed by atoms with Crippen LogP contribution < -0.4 is 0 Å². The molecule has 0 saturated carbocycles. The fourth-order valence-electron chi connectivity index (χ4n) is 1.89. The zero-order chi connectivity index (χ0) is 14.0. The summed E-state index contributed by atoms with van der Waals surface area (Å²) < 4.78 is 18.7. The van der Waals surface area contributed by atoms with E-state index in [9.17, 15) is 14.0 Å². The molecule has 7 heteroatoms. The highest BCUT2D eigenvalue weighted by Crippen LogP contribution is 2.18. The molecule has 1 aromatic carbocycles. The molecular weight excluding hydrogens is 321 g/mol. The molecule has 2 rings (SSSR count). The minimum absolute atomic E-state index is 0.0580. The van der Waals surface area contributed by atoms with Crippen molar-refractivity contribution in [3.8, 4) is 0 Å². The lowest BCUT2D eigenvalue weighted by Gasteiger charge is -2.32. The second kappa shape index (κ2) is 5.66. The Morgan fingerprint density at radius 3 is 2.79 bits per heavy atom. The Labute approximate surface area is 117 Å². The van der Waals surface area contributed by atoms with Crippen molar-refractivity contribution < 1.29 is 23.8 Å². The molecule has 1 fully saturated rings. The van der Waals surface area contributed by atoms with Crippen molar-refractivity contribution in [3.05, 3.63) is 34.1 Å². The summed E-state index contributed by atoms with van der Waals surface area (Å²) in [5, 5.41) is 9.06. The van der Waals surface area contributed by atoms with Crippen LogP contribution in [-0.4, -0.2) is 47.7 Å². The number of carbonyl (C=O) groups is 2. The van der Waals surface area contributed by atoms with Crippen molar-refractivity contribution >= 4 is 27.8 Å². The van der Waals surface area contributed by atoms with Crippen LogP contribution in [0.3, 0.4) is 0 Å². The maximum atomic E-state index is 13.3. The van der Waals surface area contributed by atoms with E-state index in [2.05, 4.69) is 15.9 Å². The van der Waals surface area contributed by atoms with Gasteiger partial charge in [0.1, 0.15) is 5.82 Å². The van der Waals surface area contributed by atoms with Gasteiger partial charge in [0.2, 0.25) is 0 Å². The first-order chi connectivity index (χ1) is 8.99. The molecule has 0 bridgehead atoms. The number of aliphatic carboxylic acids is 1. The summed E-state index contributed by atoms with van der Waals surface area (Å²) in [6.45, 7) is 0.382. The van der Waals surface area contributed by atoms with Gasteiger partial charge in [0.25, 0.3) is 5.91 Å². The number of carboxylic acid groups (broad SMARTS) is 1. The third kappa shape index (κ3) is 3.10. The smallest absolute Gasteiger partial charge is 0.328 e. The van der Waals surface area contributed by atoms with E-state index in [1.807, 2.05) is 0 Å². The number of benzene rings is 1. The summed E-state index contributed by atoms with van der Waals surface area (Å²) in [6, 6.07) is 2.73. The topological polar surface area (TPSA) is 66.8 Å². The van der Waals surface area contributed by atoms with Crippen LogP contribution in [0.4, 0.5) is 4.39 Å². The van der Waals surface area contributed by atoms with E-state index >= 15 is 0 Å². The number of rotatable bonds is 2. The molecule has 1 atom stereocenters. The second-order valence-corrected chi connectivity index (χ2v) is 5.00. The number of carboxylic acids is 1. The molecule has 1 N–H and O–H groups in total. The summed E-state index contributed by atoms with van der Waals surface area (Å²) in [7, 11) is 0. The van der Waals surface area contributed by atoms with E-state index in [0.29, 0.717) is 4.47 Å². The van der Waals surface area contributed by atoms with Crippen LogP contribution in [0.5, 0.6) is 0 Å². The van der Waals surface area contributed by atoms with Crippen LogP contribution in [0, 0.1) is 5.82 Å². The third-order valence-corrected chi connectivity index (χ3v) is 3.24. The summed E-state index contributed by atoms with van der Waals surface area (Å²) in [5.41, 5.74) is 0.111. The van der Waals surface area contributed by atoms with Crippen LogP contribution in [0.2, 0.25) is 0 Å². The quantitative estimate of drug-likeness (QED) is 0.892. The Bertz CT molecular complexity index is 502. The number of halogens is 2. The Morgan fingerprint density at radius 2 is 2.16 bits per heavy atom. The first-order valence-electron chi connectivity index (χ1n) is 5.56. The molecular formula is C12H11BrFNO4. The highest BCUT2D eigenvalue weighted by Gasteiger charge is 2.33. The van der Waals surface area contributed by atoms with E-state index in [-0.39, 0.29) is 25.3 Å². The molecule has 1 aliphatic heterocycles. The summed E-state index contributed by atoms with van der Waals surface area (Å²) in [6.07, 6.45) is 0. The Morgan fingerprint density at radius 1 is 1.42 bits per heavy atom. The van der Waals surface area contributed by atoms with E-state index in [4.69, 9.17) is 9.84 Å². The first-order valence-corrected chi connectivity index (χ1v) is 6.36. The number of hydrogen-bond donors (Lipinski definition) is 1. The van der Waals surface area contributed by atoms with E-state index in [1.54, 1.807) is 0 Å². The Hall–Kier alpha value is -1.47. The van der Waals surface area contributed by atoms with Gasteiger partial charge in [0.05, 0.1) is 13.2 Å². The normalized spacial score (nSPS) is 19.3. The zero-order valence-corrected chi connectivity index (χ0v) is 11.4. The molecule has 0 radical (unpaired) electrons. The largest absolute Gasteiger partial charge is 0.480 e. The molecule has 1 unspecified atom stereocenters. The molecule has 1 heterocycles. The molecule has 0 aromatic heterocycles. The standard InChI is InChI=1S/C12H11BrFNO4/c13-8-3-7(4-9(14)5-8)11(16)15-1-2-19-6-10(15)12(17)18/h3-5,10H,1-2,6H2,(H,17,18). The Balaban J connectivity index is 2.28. The molecule has 1 saturated heterocycles. The van der Waals surface area contributed by atoms with Crippen molar-refractivity contribution in [2.75, 3.05) is 19.8 Å². The van der Waals surface area contributed by atoms with Gasteiger partial charge < -0.3 is 14.7 Å². The number of morpholine rings is 1. The lowest BCUT2D eigenvalue weighted by atomic mass is 10.1. The fraction of sp³-hybridized carbons (Fsp3) is 0.333. The van der Waals surface area contributed by atoms with Crippen molar-refractivity contribution in [3.63, 3.8) is 0 Å². The molecule has 0 aliphatic carbocycles. The number of hydrogen-bond acceptors (Lipinski definition) is 3. The van der Waals surface area contributed by atoms with Gasteiger partial charge in [-0.3, -0.25) is 4.79 Å². The molecule has 102 valence electrons. The number of carbonyl (C=O) groups excluding carboxylic acids is 1.